The SMILES string of the molecule is Cc1ccc(-c2nnc([C@@H](C)OC(=O)c3ccc(N(C)C)c([N+](=O)[O-])c3)o2)cc1. The van der Waals surface area contributed by atoms with Crippen molar-refractivity contribution in [3.05, 3.63) is 69.6 Å². The highest BCUT2D eigenvalue weighted by Crippen LogP contribution is 2.29. The molecule has 0 fully saturated rings. The van der Waals surface area contributed by atoms with E-state index in [2.05, 4.69) is 10.2 Å². The molecule has 0 bridgehead atoms. The van der Waals surface area contributed by atoms with Gasteiger partial charge in [-0.05, 0) is 38.1 Å². The molecule has 1 aromatic heterocycles. The maximum atomic E-state index is 12.5. The first-order chi connectivity index (χ1) is 13.8. The number of aryl methyl sites for hydroxylation is 1. The average Bonchev–Trinajstić information content (AvgIpc) is 3.18. The minimum Gasteiger partial charge on any atom is -0.449 e. The molecule has 3 aromatic rings. The highest BCUT2D eigenvalue weighted by Gasteiger charge is 2.23. The summed E-state index contributed by atoms with van der Waals surface area (Å²) in [5, 5.41) is 19.2. The second-order valence-corrected chi connectivity index (χ2v) is 6.71. The van der Waals surface area contributed by atoms with E-state index in [4.69, 9.17) is 9.15 Å². The minimum absolute atomic E-state index is 0.0624. The predicted molar refractivity (Wildman–Crippen MR) is 106 cm³/mol. The standard InChI is InChI=1S/C20H20N4O5/c1-12-5-7-14(8-6-12)19-22-21-18(29-19)13(2)28-20(25)15-9-10-16(23(3)4)17(11-15)24(26)27/h5-11,13H,1-4H3/t13-/m1/s1. The number of nitrogens with zero attached hydrogens (tertiary/aromatic N) is 4. The third-order valence-electron chi connectivity index (χ3n) is 4.26. The van der Waals surface area contributed by atoms with Gasteiger partial charge < -0.3 is 14.1 Å². The van der Waals surface area contributed by atoms with Gasteiger partial charge in [-0.15, -0.1) is 10.2 Å². The lowest BCUT2D eigenvalue weighted by molar-refractivity contribution is -0.384. The van der Waals surface area contributed by atoms with Gasteiger partial charge in [-0.3, -0.25) is 10.1 Å². The number of carbonyl (C=O) groups excluding carboxylic acids is 1. The fourth-order valence-electron chi connectivity index (χ4n) is 2.67. The molecule has 0 saturated heterocycles. The van der Waals surface area contributed by atoms with E-state index < -0.39 is 17.0 Å². The molecule has 2 aromatic carbocycles. The molecule has 0 amide bonds. The van der Waals surface area contributed by atoms with Crippen LogP contribution in [0.1, 0.15) is 34.8 Å². The summed E-state index contributed by atoms with van der Waals surface area (Å²) in [6.45, 7) is 3.56. The van der Waals surface area contributed by atoms with Gasteiger partial charge in [0.2, 0.25) is 5.89 Å². The van der Waals surface area contributed by atoms with Gasteiger partial charge in [0.05, 0.1) is 10.5 Å². The second-order valence-electron chi connectivity index (χ2n) is 6.71. The molecule has 9 nitrogen and oxygen atoms in total. The second kappa shape index (κ2) is 8.09. The molecule has 9 heteroatoms. The predicted octanol–water partition coefficient (Wildman–Crippen LogP) is 3.94. The Morgan fingerprint density at radius 1 is 1.17 bits per heavy atom. The number of aromatic nitrogens is 2. The molecule has 1 atom stereocenters. The molecule has 0 aliphatic carbocycles. The van der Waals surface area contributed by atoms with Gasteiger partial charge in [0.1, 0.15) is 5.69 Å². The van der Waals surface area contributed by atoms with Crippen molar-refractivity contribution in [3.63, 3.8) is 0 Å². The van der Waals surface area contributed by atoms with Crippen molar-refractivity contribution >= 4 is 17.3 Å². The molecule has 29 heavy (non-hydrogen) atoms. The van der Waals surface area contributed by atoms with Crippen LogP contribution in [-0.2, 0) is 4.74 Å². The quantitative estimate of drug-likeness (QED) is 0.350. The number of esters is 1. The molecule has 0 N–H and O–H groups in total. The first kappa shape index (κ1) is 20.0. The molecule has 3 rings (SSSR count). The number of hydrogen-bond donors (Lipinski definition) is 0. The average molecular weight is 396 g/mol. The number of nitro groups is 1. The van der Waals surface area contributed by atoms with Crippen LogP contribution in [0.25, 0.3) is 11.5 Å². The van der Waals surface area contributed by atoms with E-state index >= 15 is 0 Å². The maximum Gasteiger partial charge on any atom is 0.339 e. The largest absolute Gasteiger partial charge is 0.449 e. The Balaban J connectivity index is 1.76. The Labute approximate surface area is 167 Å². The van der Waals surface area contributed by atoms with E-state index in [9.17, 15) is 14.9 Å². The Morgan fingerprint density at radius 2 is 1.86 bits per heavy atom. The van der Waals surface area contributed by atoms with Crippen LogP contribution in [0.5, 0.6) is 0 Å². The van der Waals surface area contributed by atoms with Crippen LogP contribution < -0.4 is 4.90 Å². The van der Waals surface area contributed by atoms with Crippen molar-refractivity contribution in [2.45, 2.75) is 20.0 Å². The van der Waals surface area contributed by atoms with Crippen LogP contribution in [0.15, 0.2) is 46.9 Å². The number of rotatable bonds is 6. The van der Waals surface area contributed by atoms with Crippen molar-refractivity contribution in [3.8, 4) is 11.5 Å². The fraction of sp³-hybridized carbons (Fsp3) is 0.250. The van der Waals surface area contributed by atoms with Gasteiger partial charge in [0.15, 0.2) is 6.10 Å². The zero-order valence-corrected chi connectivity index (χ0v) is 16.4. The van der Waals surface area contributed by atoms with Gasteiger partial charge >= 0.3 is 5.97 Å². The van der Waals surface area contributed by atoms with E-state index in [0.29, 0.717) is 11.6 Å². The molecule has 0 aliphatic heterocycles. The van der Waals surface area contributed by atoms with Crippen LogP contribution in [0, 0.1) is 17.0 Å². The topological polar surface area (TPSA) is 112 Å². The molecular weight excluding hydrogens is 376 g/mol. The summed E-state index contributed by atoms with van der Waals surface area (Å²) in [5.41, 5.74) is 2.12. The van der Waals surface area contributed by atoms with Crippen molar-refractivity contribution < 1.29 is 18.9 Å². The number of benzene rings is 2. The van der Waals surface area contributed by atoms with Gasteiger partial charge in [-0.2, -0.15) is 0 Å². The molecule has 1 heterocycles. The van der Waals surface area contributed by atoms with E-state index in [1.807, 2.05) is 31.2 Å². The van der Waals surface area contributed by atoms with Gasteiger partial charge in [-0.1, -0.05) is 17.7 Å². The van der Waals surface area contributed by atoms with Crippen molar-refractivity contribution in [1.82, 2.24) is 10.2 Å². The first-order valence-electron chi connectivity index (χ1n) is 8.83. The highest BCUT2D eigenvalue weighted by molar-refractivity contribution is 5.91. The number of hydrogen-bond acceptors (Lipinski definition) is 8. The van der Waals surface area contributed by atoms with Crippen molar-refractivity contribution in [2.24, 2.45) is 0 Å². The molecule has 150 valence electrons. The van der Waals surface area contributed by atoms with E-state index in [1.165, 1.54) is 18.2 Å². The Bertz CT molecular complexity index is 1040. The van der Waals surface area contributed by atoms with Crippen LogP contribution in [0.3, 0.4) is 0 Å². The Kier molecular flexibility index (Phi) is 5.58. The number of nitro benzene ring substituents is 1. The van der Waals surface area contributed by atoms with Crippen LogP contribution >= 0.6 is 0 Å². The third-order valence-corrected chi connectivity index (χ3v) is 4.26. The lowest BCUT2D eigenvalue weighted by Gasteiger charge is -2.14. The normalized spacial score (nSPS) is 11.7. The maximum absolute atomic E-state index is 12.5. The fourth-order valence-corrected chi connectivity index (χ4v) is 2.67. The molecule has 0 radical (unpaired) electrons. The van der Waals surface area contributed by atoms with Crippen molar-refractivity contribution in [1.29, 1.82) is 0 Å². The van der Waals surface area contributed by atoms with Gasteiger partial charge in [0.25, 0.3) is 11.6 Å². The van der Waals surface area contributed by atoms with Crippen molar-refractivity contribution in [2.75, 3.05) is 19.0 Å². The van der Waals surface area contributed by atoms with Gasteiger partial charge in [0, 0.05) is 25.7 Å². The number of carbonyl (C=O) groups is 1. The summed E-state index contributed by atoms with van der Waals surface area (Å²) >= 11 is 0. The smallest absolute Gasteiger partial charge is 0.339 e. The third kappa shape index (κ3) is 4.40. The van der Waals surface area contributed by atoms with Crippen LogP contribution in [0.4, 0.5) is 11.4 Å². The molecule has 0 aliphatic rings. The molecule has 0 saturated carbocycles. The summed E-state index contributed by atoms with van der Waals surface area (Å²) < 4.78 is 11.0. The van der Waals surface area contributed by atoms with Gasteiger partial charge in [-0.25, -0.2) is 4.79 Å². The lowest BCUT2D eigenvalue weighted by Crippen LogP contribution is -2.13. The zero-order chi connectivity index (χ0) is 21.1. The lowest BCUT2D eigenvalue weighted by atomic mass is 10.1. The summed E-state index contributed by atoms with van der Waals surface area (Å²) in [6, 6.07) is 11.7. The Hall–Kier alpha value is -3.75. The highest BCUT2D eigenvalue weighted by atomic mass is 16.6. The monoisotopic (exact) mass is 396 g/mol. The van der Waals surface area contributed by atoms with E-state index in [1.54, 1.807) is 25.9 Å². The molecular formula is C20H20N4O5. The van der Waals surface area contributed by atoms with Crippen LogP contribution in [-0.4, -0.2) is 35.2 Å². The molecule has 0 spiro atoms. The molecule has 0 unspecified atom stereocenters. The number of anilines is 1. The van der Waals surface area contributed by atoms with Crippen LogP contribution in [0.2, 0.25) is 0 Å². The number of ether oxygens (including phenoxy) is 1. The zero-order valence-electron chi connectivity index (χ0n) is 16.4. The van der Waals surface area contributed by atoms with E-state index in [-0.39, 0.29) is 17.1 Å². The summed E-state index contributed by atoms with van der Waals surface area (Å²) in [4.78, 5) is 24.8. The summed E-state index contributed by atoms with van der Waals surface area (Å²) in [5.74, 6) is -0.275. The van der Waals surface area contributed by atoms with E-state index in [0.717, 1.165) is 11.1 Å². The Morgan fingerprint density at radius 3 is 2.48 bits per heavy atom. The minimum atomic E-state index is -0.818. The first-order valence-corrected chi connectivity index (χ1v) is 8.83. The summed E-state index contributed by atoms with van der Waals surface area (Å²) in [6.07, 6.45) is -0.818. The summed E-state index contributed by atoms with van der Waals surface area (Å²) in [7, 11) is 3.37.